The molecule has 3 heteroatoms. The lowest BCUT2D eigenvalue weighted by Crippen LogP contribution is -2.49. The van der Waals surface area contributed by atoms with Crippen LogP contribution in [0.25, 0.3) is 0 Å². The predicted molar refractivity (Wildman–Crippen MR) is 86.6 cm³/mol. The Bertz CT molecular complexity index is 500. The maximum Gasteiger partial charge on any atom is 0.226 e. The minimum Gasteiger partial charge on any atom is -0.368 e. The molecular formula is C18H26N2O. The number of hydrogen-bond donors (Lipinski definition) is 0. The van der Waals surface area contributed by atoms with Crippen LogP contribution in [0.5, 0.6) is 0 Å². The molecule has 3 rings (SSSR count). The van der Waals surface area contributed by atoms with E-state index in [9.17, 15) is 4.79 Å². The van der Waals surface area contributed by atoms with Gasteiger partial charge in [0, 0.05) is 37.8 Å². The maximum atomic E-state index is 12.2. The molecular weight excluding hydrogens is 260 g/mol. The standard InChI is InChI=1S/C18H26N2O/c1-13(2)15-4-6-16(7-5-15)19-8-10-20(11-9-19)18(21)17-12-14(17)3/h4-7,13-14,17H,8-12H2,1-3H3. The van der Waals surface area contributed by atoms with Crippen LogP contribution >= 0.6 is 0 Å². The summed E-state index contributed by atoms with van der Waals surface area (Å²) in [4.78, 5) is 16.7. The van der Waals surface area contributed by atoms with Crippen molar-refractivity contribution in [3.05, 3.63) is 29.8 Å². The number of piperazine rings is 1. The second-order valence-electron chi connectivity index (χ2n) is 6.88. The van der Waals surface area contributed by atoms with Gasteiger partial charge in [0.25, 0.3) is 0 Å². The topological polar surface area (TPSA) is 23.6 Å². The van der Waals surface area contributed by atoms with Crippen LogP contribution < -0.4 is 4.90 Å². The average molecular weight is 286 g/mol. The Morgan fingerprint density at radius 2 is 1.67 bits per heavy atom. The zero-order chi connectivity index (χ0) is 15.0. The SMILES string of the molecule is CC(C)c1ccc(N2CCN(C(=O)C3CC3C)CC2)cc1. The van der Waals surface area contributed by atoms with Crippen LogP contribution in [0.1, 0.15) is 38.7 Å². The van der Waals surface area contributed by atoms with Gasteiger partial charge in [-0.2, -0.15) is 0 Å². The Balaban J connectivity index is 1.56. The number of benzene rings is 1. The van der Waals surface area contributed by atoms with Gasteiger partial charge in [0.05, 0.1) is 0 Å². The van der Waals surface area contributed by atoms with E-state index in [1.54, 1.807) is 0 Å². The third-order valence-corrected chi connectivity index (χ3v) is 4.94. The van der Waals surface area contributed by atoms with Gasteiger partial charge in [-0.3, -0.25) is 4.79 Å². The first-order valence-corrected chi connectivity index (χ1v) is 8.20. The minimum absolute atomic E-state index is 0.321. The van der Waals surface area contributed by atoms with E-state index >= 15 is 0 Å². The van der Waals surface area contributed by atoms with Crippen molar-refractivity contribution in [1.29, 1.82) is 0 Å². The first kappa shape index (κ1) is 14.4. The zero-order valence-corrected chi connectivity index (χ0v) is 13.4. The molecule has 1 saturated heterocycles. The number of anilines is 1. The van der Waals surface area contributed by atoms with Crippen molar-refractivity contribution in [2.45, 2.75) is 33.1 Å². The van der Waals surface area contributed by atoms with E-state index in [1.165, 1.54) is 11.3 Å². The summed E-state index contributed by atoms with van der Waals surface area (Å²) in [6.07, 6.45) is 1.09. The van der Waals surface area contributed by atoms with Crippen LogP contribution in [0.4, 0.5) is 5.69 Å². The second kappa shape index (κ2) is 5.70. The highest BCUT2D eigenvalue weighted by molar-refractivity contribution is 5.81. The highest BCUT2D eigenvalue weighted by atomic mass is 16.2. The normalized spacial score (nSPS) is 25.3. The molecule has 1 aliphatic carbocycles. The first-order chi connectivity index (χ1) is 10.1. The van der Waals surface area contributed by atoms with Gasteiger partial charge < -0.3 is 9.80 Å². The van der Waals surface area contributed by atoms with Crippen molar-refractivity contribution in [3.63, 3.8) is 0 Å². The number of hydrogen-bond acceptors (Lipinski definition) is 2. The molecule has 1 aromatic rings. The summed E-state index contributed by atoms with van der Waals surface area (Å²) < 4.78 is 0. The Kier molecular flexibility index (Phi) is 3.92. The van der Waals surface area contributed by atoms with E-state index in [0.717, 1.165) is 32.6 Å². The van der Waals surface area contributed by atoms with Gasteiger partial charge in [-0.15, -0.1) is 0 Å². The summed E-state index contributed by atoms with van der Waals surface area (Å²) in [5, 5.41) is 0. The van der Waals surface area contributed by atoms with E-state index < -0.39 is 0 Å². The van der Waals surface area contributed by atoms with Crippen LogP contribution in [0.15, 0.2) is 24.3 Å². The van der Waals surface area contributed by atoms with Crippen molar-refractivity contribution in [1.82, 2.24) is 4.90 Å². The molecule has 0 radical (unpaired) electrons. The van der Waals surface area contributed by atoms with Crippen LogP contribution in [-0.2, 0) is 4.79 Å². The van der Waals surface area contributed by atoms with Crippen LogP contribution in [0.2, 0.25) is 0 Å². The van der Waals surface area contributed by atoms with E-state index in [0.29, 0.717) is 23.7 Å². The van der Waals surface area contributed by atoms with E-state index in [2.05, 4.69) is 54.8 Å². The summed E-state index contributed by atoms with van der Waals surface area (Å²) in [7, 11) is 0. The number of amides is 1. The molecule has 1 aliphatic heterocycles. The Morgan fingerprint density at radius 1 is 1.10 bits per heavy atom. The molecule has 3 nitrogen and oxygen atoms in total. The number of nitrogens with zero attached hydrogens (tertiary/aromatic N) is 2. The van der Waals surface area contributed by atoms with Crippen molar-refractivity contribution < 1.29 is 4.79 Å². The van der Waals surface area contributed by atoms with Gasteiger partial charge in [-0.25, -0.2) is 0 Å². The quantitative estimate of drug-likeness (QED) is 0.852. The smallest absolute Gasteiger partial charge is 0.226 e. The summed E-state index contributed by atoms with van der Waals surface area (Å²) >= 11 is 0. The summed E-state index contributed by atoms with van der Waals surface area (Å²) in [5.74, 6) is 1.90. The molecule has 2 atom stereocenters. The highest BCUT2D eigenvalue weighted by Gasteiger charge is 2.41. The summed E-state index contributed by atoms with van der Waals surface area (Å²) in [6, 6.07) is 8.89. The minimum atomic E-state index is 0.321. The molecule has 21 heavy (non-hydrogen) atoms. The van der Waals surface area contributed by atoms with E-state index in [4.69, 9.17) is 0 Å². The zero-order valence-electron chi connectivity index (χ0n) is 13.4. The molecule has 0 aromatic heterocycles. The third-order valence-electron chi connectivity index (χ3n) is 4.94. The predicted octanol–water partition coefficient (Wildman–Crippen LogP) is 3.11. The molecule has 2 unspecified atom stereocenters. The lowest BCUT2D eigenvalue weighted by Gasteiger charge is -2.36. The largest absolute Gasteiger partial charge is 0.368 e. The number of rotatable bonds is 3. The van der Waals surface area contributed by atoms with Gasteiger partial charge in [-0.1, -0.05) is 32.9 Å². The Morgan fingerprint density at radius 3 is 2.14 bits per heavy atom. The van der Waals surface area contributed by atoms with Gasteiger partial charge in [0.1, 0.15) is 0 Å². The lowest BCUT2D eigenvalue weighted by molar-refractivity contribution is -0.133. The Hall–Kier alpha value is -1.51. The molecule has 2 aliphatic rings. The van der Waals surface area contributed by atoms with E-state index in [1.807, 2.05) is 0 Å². The van der Waals surface area contributed by atoms with Crippen molar-refractivity contribution in [2.24, 2.45) is 11.8 Å². The molecule has 1 amide bonds. The van der Waals surface area contributed by atoms with Crippen molar-refractivity contribution in [3.8, 4) is 0 Å². The van der Waals surface area contributed by atoms with Gasteiger partial charge >= 0.3 is 0 Å². The van der Waals surface area contributed by atoms with E-state index in [-0.39, 0.29) is 0 Å². The molecule has 2 fully saturated rings. The summed E-state index contributed by atoms with van der Waals surface area (Å²) in [5.41, 5.74) is 2.67. The third kappa shape index (κ3) is 3.07. The Labute approximate surface area is 127 Å². The van der Waals surface area contributed by atoms with Crippen LogP contribution in [0, 0.1) is 11.8 Å². The summed E-state index contributed by atoms with van der Waals surface area (Å²) in [6.45, 7) is 10.3. The maximum absolute atomic E-state index is 12.2. The number of carbonyl (C=O) groups is 1. The lowest BCUT2D eigenvalue weighted by atomic mass is 10.0. The molecule has 0 bridgehead atoms. The number of carbonyl (C=O) groups excluding carboxylic acids is 1. The van der Waals surface area contributed by atoms with Crippen molar-refractivity contribution >= 4 is 11.6 Å². The van der Waals surface area contributed by atoms with Crippen molar-refractivity contribution in [2.75, 3.05) is 31.1 Å². The first-order valence-electron chi connectivity index (χ1n) is 8.20. The molecule has 0 spiro atoms. The molecule has 114 valence electrons. The van der Waals surface area contributed by atoms with Crippen LogP contribution in [-0.4, -0.2) is 37.0 Å². The average Bonchev–Trinajstić information content (AvgIpc) is 3.24. The fourth-order valence-electron chi connectivity index (χ4n) is 3.16. The van der Waals surface area contributed by atoms with Gasteiger partial charge in [0.2, 0.25) is 5.91 Å². The van der Waals surface area contributed by atoms with Gasteiger partial charge in [-0.05, 0) is 36.0 Å². The fourth-order valence-corrected chi connectivity index (χ4v) is 3.16. The second-order valence-corrected chi connectivity index (χ2v) is 6.88. The highest BCUT2D eigenvalue weighted by Crippen LogP contribution is 2.39. The molecule has 0 N–H and O–H groups in total. The monoisotopic (exact) mass is 286 g/mol. The van der Waals surface area contributed by atoms with Gasteiger partial charge in [0.15, 0.2) is 0 Å². The molecule has 1 saturated carbocycles. The molecule has 1 heterocycles. The molecule has 1 aromatic carbocycles. The fraction of sp³-hybridized carbons (Fsp3) is 0.611. The van der Waals surface area contributed by atoms with Crippen LogP contribution in [0.3, 0.4) is 0 Å².